The predicted octanol–water partition coefficient (Wildman–Crippen LogP) is 2.72. The number of urea groups is 1. The van der Waals surface area contributed by atoms with Gasteiger partial charge in [0.2, 0.25) is 0 Å². The third kappa shape index (κ3) is 5.92. The van der Waals surface area contributed by atoms with Gasteiger partial charge in [0.25, 0.3) is 0 Å². The second-order valence-electron chi connectivity index (χ2n) is 5.10. The molecular weight excluding hydrogens is 312 g/mol. The first kappa shape index (κ1) is 17.3. The van der Waals surface area contributed by atoms with Gasteiger partial charge in [-0.3, -0.25) is 0 Å². The predicted molar refractivity (Wildman–Crippen MR) is 92.0 cm³/mol. The number of carbonyl (C=O) groups is 1. The van der Waals surface area contributed by atoms with Gasteiger partial charge in [-0.2, -0.15) is 0 Å². The molecule has 2 aromatic rings. The fourth-order valence-electron chi connectivity index (χ4n) is 2.12. The van der Waals surface area contributed by atoms with Crippen LogP contribution in [0.2, 0.25) is 0 Å². The molecule has 0 spiro atoms. The first-order valence-corrected chi connectivity index (χ1v) is 8.43. The molecule has 3 N–H and O–H groups in total. The highest BCUT2D eigenvalue weighted by atomic mass is 32.1. The number of benzene rings is 1. The first-order valence-electron chi connectivity index (χ1n) is 7.55. The van der Waals surface area contributed by atoms with Crippen LogP contribution >= 0.6 is 11.3 Å². The van der Waals surface area contributed by atoms with Gasteiger partial charge in [0.15, 0.2) is 0 Å². The number of amides is 2. The first-order chi connectivity index (χ1) is 11.2. The molecule has 0 radical (unpaired) electrons. The Morgan fingerprint density at radius 3 is 2.61 bits per heavy atom. The molecule has 5 nitrogen and oxygen atoms in total. The van der Waals surface area contributed by atoms with Gasteiger partial charge in [-0.1, -0.05) is 18.2 Å². The number of rotatable bonds is 8. The maximum atomic E-state index is 11.7. The lowest BCUT2D eigenvalue weighted by Crippen LogP contribution is -2.37. The summed E-state index contributed by atoms with van der Waals surface area (Å²) in [5.41, 5.74) is 1.14. The Balaban J connectivity index is 1.59. The third-order valence-electron chi connectivity index (χ3n) is 3.43. The fraction of sp³-hybridized carbons (Fsp3) is 0.353. The van der Waals surface area contributed by atoms with E-state index in [2.05, 4.69) is 10.6 Å². The maximum absolute atomic E-state index is 11.7. The molecule has 0 fully saturated rings. The Kier molecular flexibility index (Phi) is 6.90. The van der Waals surface area contributed by atoms with E-state index >= 15 is 0 Å². The molecule has 1 atom stereocenters. The van der Waals surface area contributed by atoms with Crippen molar-refractivity contribution in [3.63, 3.8) is 0 Å². The molecule has 0 aliphatic carbocycles. The minimum Gasteiger partial charge on any atom is -0.497 e. The monoisotopic (exact) mass is 334 g/mol. The average molecular weight is 334 g/mol. The van der Waals surface area contributed by atoms with Gasteiger partial charge in [0, 0.05) is 18.0 Å². The Morgan fingerprint density at radius 2 is 1.96 bits per heavy atom. The van der Waals surface area contributed by atoms with Gasteiger partial charge in [-0.15, -0.1) is 11.3 Å². The van der Waals surface area contributed by atoms with E-state index in [0.717, 1.165) is 22.6 Å². The second-order valence-corrected chi connectivity index (χ2v) is 6.08. The van der Waals surface area contributed by atoms with Crippen LogP contribution in [0.15, 0.2) is 41.8 Å². The van der Waals surface area contributed by atoms with E-state index in [4.69, 9.17) is 4.74 Å². The standard InChI is InChI=1S/C17H22N2O3S/c1-22-14-6-4-13(5-7-14)8-10-18-17(21)19-11-9-15(20)16-3-2-12-23-16/h2-7,12,15,20H,8-11H2,1H3,(H2,18,19,21). The highest BCUT2D eigenvalue weighted by Gasteiger charge is 2.08. The van der Waals surface area contributed by atoms with Crippen molar-refractivity contribution >= 4 is 17.4 Å². The molecule has 0 bridgehead atoms. The number of aliphatic hydroxyl groups excluding tert-OH is 1. The number of hydrogen-bond acceptors (Lipinski definition) is 4. The number of nitrogens with one attached hydrogen (secondary N) is 2. The summed E-state index contributed by atoms with van der Waals surface area (Å²) in [5, 5.41) is 17.4. The Hall–Kier alpha value is -2.05. The zero-order valence-electron chi connectivity index (χ0n) is 13.1. The molecule has 0 aliphatic rings. The minimum atomic E-state index is -0.519. The quantitative estimate of drug-likeness (QED) is 0.695. The summed E-state index contributed by atoms with van der Waals surface area (Å²) in [4.78, 5) is 12.6. The molecule has 1 heterocycles. The lowest BCUT2D eigenvalue weighted by Gasteiger charge is -2.10. The highest BCUT2D eigenvalue weighted by Crippen LogP contribution is 2.20. The van der Waals surface area contributed by atoms with Crippen LogP contribution in [0, 0.1) is 0 Å². The largest absolute Gasteiger partial charge is 0.497 e. The van der Waals surface area contributed by atoms with E-state index in [9.17, 15) is 9.90 Å². The number of hydrogen-bond donors (Lipinski definition) is 3. The summed E-state index contributed by atoms with van der Waals surface area (Å²) in [6, 6.07) is 11.4. The highest BCUT2D eigenvalue weighted by molar-refractivity contribution is 7.10. The van der Waals surface area contributed by atoms with Crippen LogP contribution in [-0.2, 0) is 6.42 Å². The second kappa shape index (κ2) is 9.17. The van der Waals surface area contributed by atoms with Crippen molar-refractivity contribution in [3.05, 3.63) is 52.2 Å². The van der Waals surface area contributed by atoms with E-state index < -0.39 is 6.10 Å². The van der Waals surface area contributed by atoms with E-state index in [0.29, 0.717) is 19.5 Å². The lowest BCUT2D eigenvalue weighted by atomic mass is 10.1. The molecule has 124 valence electrons. The van der Waals surface area contributed by atoms with Crippen molar-refractivity contribution in [2.45, 2.75) is 18.9 Å². The number of ether oxygens (including phenoxy) is 1. The van der Waals surface area contributed by atoms with E-state index in [1.54, 1.807) is 7.11 Å². The third-order valence-corrected chi connectivity index (χ3v) is 4.41. The zero-order valence-corrected chi connectivity index (χ0v) is 13.9. The topological polar surface area (TPSA) is 70.6 Å². The van der Waals surface area contributed by atoms with Crippen LogP contribution < -0.4 is 15.4 Å². The van der Waals surface area contributed by atoms with Crippen molar-refractivity contribution in [1.29, 1.82) is 0 Å². The summed E-state index contributed by atoms with van der Waals surface area (Å²) < 4.78 is 5.10. The zero-order chi connectivity index (χ0) is 16.5. The molecule has 1 aromatic heterocycles. The molecule has 0 saturated carbocycles. The Bertz CT molecular complexity index is 584. The summed E-state index contributed by atoms with van der Waals surface area (Å²) in [5.74, 6) is 0.823. The van der Waals surface area contributed by atoms with E-state index in [-0.39, 0.29) is 6.03 Å². The van der Waals surface area contributed by atoms with E-state index in [1.807, 2.05) is 41.8 Å². The van der Waals surface area contributed by atoms with Crippen LogP contribution in [0.25, 0.3) is 0 Å². The van der Waals surface area contributed by atoms with Crippen molar-refractivity contribution in [2.24, 2.45) is 0 Å². The molecule has 0 saturated heterocycles. The van der Waals surface area contributed by atoms with Crippen molar-refractivity contribution in [3.8, 4) is 5.75 Å². The summed E-state index contributed by atoms with van der Waals surface area (Å²) in [6.07, 6.45) is 0.747. The van der Waals surface area contributed by atoms with Crippen molar-refractivity contribution in [1.82, 2.24) is 10.6 Å². The van der Waals surface area contributed by atoms with Crippen molar-refractivity contribution < 1.29 is 14.6 Å². The molecule has 0 aliphatic heterocycles. The molecule has 23 heavy (non-hydrogen) atoms. The average Bonchev–Trinajstić information content (AvgIpc) is 3.10. The molecule has 2 amide bonds. The van der Waals surface area contributed by atoms with Crippen LogP contribution in [0.3, 0.4) is 0 Å². The van der Waals surface area contributed by atoms with Crippen molar-refractivity contribution in [2.75, 3.05) is 20.2 Å². The number of aliphatic hydroxyl groups is 1. The SMILES string of the molecule is COc1ccc(CCNC(=O)NCCC(O)c2cccs2)cc1. The number of carbonyl (C=O) groups excluding carboxylic acids is 1. The van der Waals surface area contributed by atoms with Gasteiger partial charge in [-0.05, 0) is 42.0 Å². The van der Waals surface area contributed by atoms with Gasteiger partial charge in [0.05, 0.1) is 13.2 Å². The number of thiophene rings is 1. The molecule has 6 heteroatoms. The summed E-state index contributed by atoms with van der Waals surface area (Å²) in [6.45, 7) is 0.999. The Labute approximate surface area is 140 Å². The fourth-order valence-corrected chi connectivity index (χ4v) is 2.87. The maximum Gasteiger partial charge on any atom is 0.314 e. The molecule has 1 unspecified atom stereocenters. The summed E-state index contributed by atoms with van der Waals surface area (Å²) in [7, 11) is 1.64. The normalized spacial score (nSPS) is 11.7. The lowest BCUT2D eigenvalue weighted by molar-refractivity contribution is 0.170. The smallest absolute Gasteiger partial charge is 0.314 e. The van der Waals surface area contributed by atoms with Crippen LogP contribution in [-0.4, -0.2) is 31.3 Å². The van der Waals surface area contributed by atoms with Gasteiger partial charge in [0.1, 0.15) is 5.75 Å². The summed E-state index contributed by atoms with van der Waals surface area (Å²) >= 11 is 1.52. The molecule has 2 rings (SSSR count). The Morgan fingerprint density at radius 1 is 1.22 bits per heavy atom. The molecular formula is C17H22N2O3S. The van der Waals surface area contributed by atoms with Gasteiger partial charge >= 0.3 is 6.03 Å². The van der Waals surface area contributed by atoms with Gasteiger partial charge < -0.3 is 20.5 Å². The van der Waals surface area contributed by atoms with E-state index in [1.165, 1.54) is 11.3 Å². The molecule has 1 aromatic carbocycles. The van der Waals surface area contributed by atoms with Gasteiger partial charge in [-0.25, -0.2) is 4.79 Å². The van der Waals surface area contributed by atoms with Crippen LogP contribution in [0.1, 0.15) is 23.0 Å². The minimum absolute atomic E-state index is 0.211. The van der Waals surface area contributed by atoms with Crippen LogP contribution in [0.4, 0.5) is 4.79 Å². The van der Waals surface area contributed by atoms with Crippen LogP contribution in [0.5, 0.6) is 5.75 Å². The number of methoxy groups -OCH3 is 1.